The number of hydrogen-bond donors (Lipinski definition) is 0. The van der Waals surface area contributed by atoms with Crippen molar-refractivity contribution >= 4 is 12.1 Å². The lowest BCUT2D eigenvalue weighted by atomic mass is 9.98. The van der Waals surface area contributed by atoms with Crippen LogP contribution >= 0.6 is 0 Å². The summed E-state index contributed by atoms with van der Waals surface area (Å²) in [5.74, 6) is -0.462. The standard InChI is InChI=1S/C16H26O5/c1-3-4-6-9-13(2)15(17)19-12-20-16(18)21-14-10-7-5-8-11-14/h9,14H,3-8,10-12H2,1-2H3. The van der Waals surface area contributed by atoms with Crippen molar-refractivity contribution in [1.29, 1.82) is 0 Å². The number of carbonyl (C=O) groups excluding carboxylic acids is 2. The lowest BCUT2D eigenvalue weighted by Gasteiger charge is -2.21. The van der Waals surface area contributed by atoms with E-state index in [2.05, 4.69) is 6.92 Å². The van der Waals surface area contributed by atoms with E-state index in [4.69, 9.17) is 14.2 Å². The van der Waals surface area contributed by atoms with Gasteiger partial charge in [-0.25, -0.2) is 9.59 Å². The van der Waals surface area contributed by atoms with Gasteiger partial charge < -0.3 is 14.2 Å². The number of esters is 1. The minimum Gasteiger partial charge on any atom is -0.431 e. The maximum absolute atomic E-state index is 11.6. The summed E-state index contributed by atoms with van der Waals surface area (Å²) in [6.07, 6.45) is 9.10. The molecule has 5 nitrogen and oxygen atoms in total. The molecular weight excluding hydrogens is 272 g/mol. The van der Waals surface area contributed by atoms with Crippen molar-refractivity contribution in [2.75, 3.05) is 6.79 Å². The first-order valence-electron chi connectivity index (χ1n) is 7.80. The Morgan fingerprint density at radius 3 is 2.52 bits per heavy atom. The van der Waals surface area contributed by atoms with Gasteiger partial charge in [0.1, 0.15) is 6.10 Å². The molecule has 0 saturated heterocycles. The molecule has 1 rings (SSSR count). The molecule has 0 aromatic rings. The minimum absolute atomic E-state index is 0.0578. The number of ether oxygens (including phenoxy) is 3. The van der Waals surface area contributed by atoms with E-state index in [-0.39, 0.29) is 6.10 Å². The SMILES string of the molecule is CCCCC=C(C)C(=O)OCOC(=O)OC1CCCCC1. The summed E-state index contributed by atoms with van der Waals surface area (Å²) in [7, 11) is 0. The summed E-state index contributed by atoms with van der Waals surface area (Å²) in [6, 6.07) is 0. The van der Waals surface area contributed by atoms with E-state index in [0.29, 0.717) is 5.57 Å². The average molecular weight is 298 g/mol. The summed E-state index contributed by atoms with van der Waals surface area (Å²) in [6.45, 7) is 3.38. The Hall–Kier alpha value is -1.52. The largest absolute Gasteiger partial charge is 0.511 e. The molecule has 0 atom stereocenters. The van der Waals surface area contributed by atoms with E-state index < -0.39 is 18.9 Å². The maximum atomic E-state index is 11.6. The zero-order valence-corrected chi connectivity index (χ0v) is 13.1. The summed E-state index contributed by atoms with van der Waals surface area (Å²) in [5.41, 5.74) is 0.535. The molecular formula is C16H26O5. The molecule has 0 spiro atoms. The van der Waals surface area contributed by atoms with Crippen LogP contribution < -0.4 is 0 Å². The van der Waals surface area contributed by atoms with Crippen LogP contribution in [0.15, 0.2) is 11.6 Å². The molecule has 0 unspecified atom stereocenters. The molecule has 0 N–H and O–H groups in total. The van der Waals surface area contributed by atoms with Gasteiger partial charge in [0.05, 0.1) is 0 Å². The lowest BCUT2D eigenvalue weighted by Crippen LogP contribution is -2.22. The summed E-state index contributed by atoms with van der Waals surface area (Å²) >= 11 is 0. The molecule has 120 valence electrons. The van der Waals surface area contributed by atoms with Crippen LogP contribution in [0.5, 0.6) is 0 Å². The molecule has 21 heavy (non-hydrogen) atoms. The van der Waals surface area contributed by atoms with Crippen molar-refractivity contribution < 1.29 is 23.8 Å². The van der Waals surface area contributed by atoms with E-state index in [0.717, 1.165) is 44.9 Å². The highest BCUT2D eigenvalue weighted by atomic mass is 16.8. The van der Waals surface area contributed by atoms with Crippen LogP contribution in [0.2, 0.25) is 0 Å². The average Bonchev–Trinajstić information content (AvgIpc) is 2.48. The van der Waals surface area contributed by atoms with E-state index in [9.17, 15) is 9.59 Å². The molecule has 0 amide bonds. The van der Waals surface area contributed by atoms with Crippen LogP contribution in [-0.4, -0.2) is 25.0 Å². The second kappa shape index (κ2) is 10.2. The predicted octanol–water partition coefficient (Wildman–Crippen LogP) is 4.11. The number of carbonyl (C=O) groups is 2. The van der Waals surface area contributed by atoms with Gasteiger partial charge in [-0.2, -0.15) is 0 Å². The smallest absolute Gasteiger partial charge is 0.431 e. The highest BCUT2D eigenvalue weighted by Gasteiger charge is 2.18. The predicted molar refractivity (Wildman–Crippen MR) is 78.7 cm³/mol. The van der Waals surface area contributed by atoms with E-state index in [1.54, 1.807) is 6.92 Å². The first kappa shape index (κ1) is 17.5. The maximum Gasteiger partial charge on any atom is 0.511 e. The van der Waals surface area contributed by atoms with Crippen molar-refractivity contribution in [3.63, 3.8) is 0 Å². The first-order valence-corrected chi connectivity index (χ1v) is 7.80. The van der Waals surface area contributed by atoms with Crippen molar-refractivity contribution in [2.45, 2.75) is 71.3 Å². The fraction of sp³-hybridized carbons (Fsp3) is 0.750. The molecule has 1 saturated carbocycles. The molecule has 0 aromatic carbocycles. The van der Waals surface area contributed by atoms with Gasteiger partial charge in [0.25, 0.3) is 0 Å². The van der Waals surface area contributed by atoms with Crippen LogP contribution in [0.1, 0.15) is 65.2 Å². The Bertz CT molecular complexity index is 356. The van der Waals surface area contributed by atoms with Gasteiger partial charge in [0.15, 0.2) is 0 Å². The molecule has 0 aromatic heterocycles. The quantitative estimate of drug-likeness (QED) is 0.306. The molecule has 1 aliphatic rings. The molecule has 1 fully saturated rings. The fourth-order valence-corrected chi connectivity index (χ4v) is 2.20. The van der Waals surface area contributed by atoms with Gasteiger partial charge >= 0.3 is 12.1 Å². The highest BCUT2D eigenvalue weighted by Crippen LogP contribution is 2.20. The second-order valence-electron chi connectivity index (χ2n) is 5.35. The van der Waals surface area contributed by atoms with Gasteiger partial charge in [-0.15, -0.1) is 0 Å². The molecule has 0 heterocycles. The number of unbranched alkanes of at least 4 members (excludes halogenated alkanes) is 2. The Labute approximate surface area is 126 Å². The van der Waals surface area contributed by atoms with Gasteiger partial charge in [-0.1, -0.05) is 32.3 Å². The lowest BCUT2D eigenvalue weighted by molar-refractivity contribution is -0.149. The molecule has 0 bridgehead atoms. The molecule has 0 aliphatic heterocycles. The first-order chi connectivity index (χ1) is 10.1. The number of hydrogen-bond acceptors (Lipinski definition) is 5. The highest BCUT2D eigenvalue weighted by molar-refractivity contribution is 5.87. The zero-order chi connectivity index (χ0) is 15.5. The second-order valence-corrected chi connectivity index (χ2v) is 5.35. The van der Waals surface area contributed by atoms with Crippen LogP contribution in [0, 0.1) is 0 Å². The fourth-order valence-electron chi connectivity index (χ4n) is 2.20. The van der Waals surface area contributed by atoms with Gasteiger partial charge in [0.2, 0.25) is 6.79 Å². The third kappa shape index (κ3) is 7.73. The molecule has 1 aliphatic carbocycles. The van der Waals surface area contributed by atoms with Crippen LogP contribution in [0.3, 0.4) is 0 Å². The monoisotopic (exact) mass is 298 g/mol. The van der Waals surface area contributed by atoms with Crippen molar-refractivity contribution in [3.8, 4) is 0 Å². The van der Waals surface area contributed by atoms with E-state index in [1.165, 1.54) is 6.42 Å². The van der Waals surface area contributed by atoms with Crippen molar-refractivity contribution in [3.05, 3.63) is 11.6 Å². The zero-order valence-electron chi connectivity index (χ0n) is 13.1. The van der Waals surface area contributed by atoms with Gasteiger partial charge in [0, 0.05) is 5.57 Å². The summed E-state index contributed by atoms with van der Waals surface area (Å²) in [4.78, 5) is 23.0. The van der Waals surface area contributed by atoms with Gasteiger partial charge in [-0.05, 0) is 39.0 Å². The van der Waals surface area contributed by atoms with E-state index >= 15 is 0 Å². The van der Waals surface area contributed by atoms with Crippen LogP contribution in [-0.2, 0) is 19.0 Å². The normalized spacial score (nSPS) is 16.4. The van der Waals surface area contributed by atoms with Crippen molar-refractivity contribution in [1.82, 2.24) is 0 Å². The van der Waals surface area contributed by atoms with Gasteiger partial charge in [-0.3, -0.25) is 0 Å². The van der Waals surface area contributed by atoms with E-state index in [1.807, 2.05) is 6.08 Å². The summed E-state index contributed by atoms with van der Waals surface area (Å²) in [5, 5.41) is 0. The van der Waals surface area contributed by atoms with Crippen molar-refractivity contribution in [2.24, 2.45) is 0 Å². The number of rotatable bonds is 7. The third-order valence-corrected chi connectivity index (χ3v) is 3.51. The van der Waals surface area contributed by atoms with Crippen LogP contribution in [0.25, 0.3) is 0 Å². The Morgan fingerprint density at radius 1 is 1.14 bits per heavy atom. The Morgan fingerprint density at radius 2 is 1.86 bits per heavy atom. The minimum atomic E-state index is -0.762. The molecule has 5 heteroatoms. The summed E-state index contributed by atoms with van der Waals surface area (Å²) < 4.78 is 14.8. The Balaban J connectivity index is 2.15. The third-order valence-electron chi connectivity index (χ3n) is 3.51. The van der Waals surface area contributed by atoms with Crippen LogP contribution in [0.4, 0.5) is 4.79 Å². The molecule has 0 radical (unpaired) electrons. The topological polar surface area (TPSA) is 61.8 Å². The number of allylic oxidation sites excluding steroid dienone is 1. The Kier molecular flexibility index (Phi) is 8.55.